The van der Waals surface area contributed by atoms with Crippen molar-refractivity contribution in [2.24, 2.45) is 0 Å². The van der Waals surface area contributed by atoms with Crippen molar-refractivity contribution < 1.29 is 23.9 Å². The van der Waals surface area contributed by atoms with E-state index < -0.39 is 12.1 Å². The van der Waals surface area contributed by atoms with E-state index >= 15 is 0 Å². The number of carbonyl (C=O) groups is 3. The van der Waals surface area contributed by atoms with Crippen LogP contribution in [0.2, 0.25) is 0 Å². The lowest BCUT2D eigenvalue weighted by molar-refractivity contribution is -0.120. The van der Waals surface area contributed by atoms with Gasteiger partial charge in [0.15, 0.2) is 0 Å². The Bertz CT molecular complexity index is 1630. The molecule has 2 atom stereocenters. The summed E-state index contributed by atoms with van der Waals surface area (Å²) in [4.78, 5) is 47.1. The Labute approximate surface area is 250 Å². The van der Waals surface area contributed by atoms with E-state index in [1.807, 2.05) is 48.5 Å². The van der Waals surface area contributed by atoms with Crippen LogP contribution in [0.3, 0.4) is 0 Å². The quantitative estimate of drug-likeness (QED) is 0.178. The number of aromatic nitrogens is 1. The zero-order chi connectivity index (χ0) is 29.9. The molecule has 0 saturated carbocycles. The zero-order valence-corrected chi connectivity index (χ0v) is 24.5. The molecular weight excluding hydrogens is 544 g/mol. The number of fused-ring (bicyclic) bond motifs is 4. The van der Waals surface area contributed by atoms with Gasteiger partial charge in [-0.25, -0.2) is 9.69 Å². The van der Waals surface area contributed by atoms with Gasteiger partial charge in [0.25, 0.3) is 11.8 Å². The Morgan fingerprint density at radius 1 is 0.977 bits per heavy atom. The second kappa shape index (κ2) is 12.3. The number of methoxy groups -OCH3 is 1. The first-order valence-corrected chi connectivity index (χ1v) is 14.9. The number of imide groups is 1. The van der Waals surface area contributed by atoms with Crippen LogP contribution in [-0.2, 0) is 16.0 Å². The summed E-state index contributed by atoms with van der Waals surface area (Å²) in [6, 6.07) is 20.7. The number of aromatic amines is 1. The standard InChI is InChI=1S/C34H36N4O5/c1-3-4-19-43-20-7-18-35-32(39)23-10-14-24(15-11-23)37-33(40)29-21-27-26-8-5-6-9-28(26)36-30(27)31(38(29)34(37)41)22-12-16-25(42-2)17-13-22/h5-6,8-17,29,31,36H,3-4,7,18-21H2,1-2H3,(H,35,39)/t29-,31+/m0/s1. The largest absolute Gasteiger partial charge is 0.497 e. The first kappa shape index (κ1) is 28.5. The number of rotatable bonds is 11. The molecule has 9 nitrogen and oxygen atoms in total. The fraction of sp³-hybridized carbons (Fsp3) is 0.324. The second-order valence-corrected chi connectivity index (χ2v) is 10.9. The molecule has 222 valence electrons. The molecule has 2 aliphatic rings. The monoisotopic (exact) mass is 580 g/mol. The highest BCUT2D eigenvalue weighted by atomic mass is 16.5. The van der Waals surface area contributed by atoms with Crippen LogP contribution in [0.15, 0.2) is 72.8 Å². The third-order valence-electron chi connectivity index (χ3n) is 8.26. The van der Waals surface area contributed by atoms with Crippen molar-refractivity contribution >= 4 is 34.4 Å². The van der Waals surface area contributed by atoms with Gasteiger partial charge in [0.1, 0.15) is 17.8 Å². The summed E-state index contributed by atoms with van der Waals surface area (Å²) >= 11 is 0. The number of ether oxygens (including phenoxy) is 2. The molecular formula is C34H36N4O5. The van der Waals surface area contributed by atoms with Gasteiger partial charge in [0.05, 0.1) is 12.8 Å². The predicted molar refractivity (Wildman–Crippen MR) is 164 cm³/mol. The molecule has 43 heavy (non-hydrogen) atoms. The molecule has 2 N–H and O–H groups in total. The van der Waals surface area contributed by atoms with Crippen LogP contribution in [0.4, 0.5) is 10.5 Å². The van der Waals surface area contributed by atoms with Gasteiger partial charge in [-0.1, -0.05) is 43.7 Å². The van der Waals surface area contributed by atoms with Crippen molar-refractivity contribution in [3.05, 3.63) is 95.2 Å². The molecule has 2 aliphatic heterocycles. The molecule has 0 aliphatic carbocycles. The lowest BCUT2D eigenvalue weighted by Gasteiger charge is -2.36. The minimum Gasteiger partial charge on any atom is -0.497 e. The molecule has 6 rings (SSSR count). The maximum atomic E-state index is 14.1. The van der Waals surface area contributed by atoms with Crippen molar-refractivity contribution in [3.63, 3.8) is 0 Å². The van der Waals surface area contributed by atoms with Gasteiger partial charge in [0.2, 0.25) is 0 Å². The molecule has 1 aromatic heterocycles. The van der Waals surface area contributed by atoms with Gasteiger partial charge in [-0.2, -0.15) is 0 Å². The Balaban J connectivity index is 1.24. The number of unbranched alkanes of at least 4 members (excludes halogenated alkanes) is 1. The van der Waals surface area contributed by atoms with Crippen LogP contribution >= 0.6 is 0 Å². The van der Waals surface area contributed by atoms with Gasteiger partial charge in [-0.05, 0) is 66.4 Å². The van der Waals surface area contributed by atoms with Crippen LogP contribution in [0.1, 0.15) is 59.4 Å². The summed E-state index contributed by atoms with van der Waals surface area (Å²) in [6.45, 7) is 3.97. The molecule has 1 fully saturated rings. The second-order valence-electron chi connectivity index (χ2n) is 10.9. The molecule has 4 aromatic rings. The molecule has 3 aromatic carbocycles. The number of amides is 4. The summed E-state index contributed by atoms with van der Waals surface area (Å²) in [5.41, 5.74) is 4.71. The fourth-order valence-electron chi connectivity index (χ4n) is 6.03. The smallest absolute Gasteiger partial charge is 0.332 e. The van der Waals surface area contributed by atoms with Gasteiger partial charge >= 0.3 is 6.03 Å². The van der Waals surface area contributed by atoms with E-state index in [0.29, 0.717) is 36.6 Å². The topological polar surface area (TPSA) is 104 Å². The van der Waals surface area contributed by atoms with E-state index in [1.165, 1.54) is 4.90 Å². The van der Waals surface area contributed by atoms with E-state index in [0.717, 1.165) is 53.6 Å². The summed E-state index contributed by atoms with van der Waals surface area (Å²) in [6.07, 6.45) is 3.27. The minimum atomic E-state index is -0.658. The number of carbonyl (C=O) groups excluding carboxylic acids is 3. The molecule has 0 radical (unpaired) electrons. The minimum absolute atomic E-state index is 0.207. The van der Waals surface area contributed by atoms with Crippen molar-refractivity contribution in [1.29, 1.82) is 0 Å². The highest BCUT2D eigenvalue weighted by Gasteiger charge is 2.53. The van der Waals surface area contributed by atoms with Gasteiger partial charge in [-0.15, -0.1) is 0 Å². The molecule has 0 unspecified atom stereocenters. The highest BCUT2D eigenvalue weighted by molar-refractivity contribution is 6.22. The maximum Gasteiger partial charge on any atom is 0.332 e. The van der Waals surface area contributed by atoms with Crippen molar-refractivity contribution in [1.82, 2.24) is 15.2 Å². The molecule has 0 bridgehead atoms. The Morgan fingerprint density at radius 2 is 1.72 bits per heavy atom. The van der Waals surface area contributed by atoms with E-state index in [4.69, 9.17) is 9.47 Å². The zero-order valence-electron chi connectivity index (χ0n) is 24.5. The van der Waals surface area contributed by atoms with Crippen molar-refractivity contribution in [2.45, 2.75) is 44.7 Å². The number of nitrogens with zero attached hydrogens (tertiary/aromatic N) is 2. The number of benzene rings is 3. The Morgan fingerprint density at radius 3 is 2.47 bits per heavy atom. The summed E-state index contributed by atoms with van der Waals surface area (Å²) in [5, 5.41) is 3.96. The molecule has 0 spiro atoms. The van der Waals surface area contributed by atoms with E-state index in [2.05, 4.69) is 17.2 Å². The van der Waals surface area contributed by atoms with E-state index in [1.54, 1.807) is 36.3 Å². The van der Waals surface area contributed by atoms with Crippen LogP contribution in [0.5, 0.6) is 5.75 Å². The third kappa shape index (κ3) is 5.36. The average Bonchev–Trinajstić information content (AvgIpc) is 3.53. The first-order chi connectivity index (χ1) is 21.0. The normalized spacial score (nSPS) is 17.7. The van der Waals surface area contributed by atoms with Gasteiger partial charge in [-0.3, -0.25) is 14.5 Å². The summed E-state index contributed by atoms with van der Waals surface area (Å²) < 4.78 is 10.9. The van der Waals surface area contributed by atoms with Crippen LogP contribution in [0.25, 0.3) is 10.9 Å². The molecule has 4 amide bonds. The average molecular weight is 581 g/mol. The number of H-pyrrole nitrogens is 1. The number of urea groups is 1. The number of hydrogen-bond acceptors (Lipinski definition) is 5. The Hall–Kier alpha value is -4.63. The van der Waals surface area contributed by atoms with Crippen LogP contribution in [-0.4, -0.2) is 60.6 Å². The fourth-order valence-corrected chi connectivity index (χ4v) is 6.03. The molecule has 3 heterocycles. The van der Waals surface area contributed by atoms with Crippen molar-refractivity contribution in [3.8, 4) is 5.75 Å². The third-order valence-corrected chi connectivity index (χ3v) is 8.26. The number of hydrogen-bond donors (Lipinski definition) is 2. The van der Waals surface area contributed by atoms with Crippen molar-refractivity contribution in [2.75, 3.05) is 31.8 Å². The molecule has 1 saturated heterocycles. The van der Waals surface area contributed by atoms with E-state index in [-0.39, 0.29) is 17.8 Å². The Kier molecular flexibility index (Phi) is 8.16. The number of anilines is 1. The number of para-hydroxylation sites is 1. The van der Waals surface area contributed by atoms with Crippen LogP contribution < -0.4 is 15.0 Å². The lowest BCUT2D eigenvalue weighted by Crippen LogP contribution is -2.44. The van der Waals surface area contributed by atoms with Gasteiger partial charge in [0, 0.05) is 48.3 Å². The van der Waals surface area contributed by atoms with Crippen LogP contribution in [0, 0.1) is 0 Å². The summed E-state index contributed by atoms with van der Waals surface area (Å²) in [5.74, 6) is 0.226. The lowest BCUT2D eigenvalue weighted by atomic mass is 9.89. The van der Waals surface area contributed by atoms with Gasteiger partial charge < -0.3 is 19.8 Å². The highest BCUT2D eigenvalue weighted by Crippen LogP contribution is 2.45. The first-order valence-electron chi connectivity index (χ1n) is 14.9. The maximum absolute atomic E-state index is 14.1. The molecule has 9 heteroatoms. The summed E-state index contributed by atoms with van der Waals surface area (Å²) in [7, 11) is 1.61. The SMILES string of the molecule is CCCCOCCCNC(=O)c1ccc(N2C(=O)[C@@H]3Cc4c([nH]c5ccccc45)[C@@H](c4ccc(OC)cc4)N3C2=O)cc1. The van der Waals surface area contributed by atoms with E-state index in [9.17, 15) is 14.4 Å². The number of nitrogens with one attached hydrogen (secondary N) is 2. The predicted octanol–water partition coefficient (Wildman–Crippen LogP) is 5.60.